The van der Waals surface area contributed by atoms with Crippen LogP contribution in [0.25, 0.3) is 0 Å². The van der Waals surface area contributed by atoms with E-state index in [0.717, 1.165) is 6.29 Å². The van der Waals surface area contributed by atoms with Crippen molar-refractivity contribution in [2.75, 3.05) is 0 Å². The van der Waals surface area contributed by atoms with Crippen molar-refractivity contribution in [1.82, 2.24) is 5.32 Å². The van der Waals surface area contributed by atoms with Gasteiger partial charge in [-0.25, -0.2) is 0 Å². The van der Waals surface area contributed by atoms with Crippen LogP contribution in [0.4, 0.5) is 0 Å². The van der Waals surface area contributed by atoms with E-state index in [-0.39, 0.29) is 5.50 Å². The smallest absolute Gasteiger partial charge is 0.149 e. The summed E-state index contributed by atoms with van der Waals surface area (Å²) in [5.74, 6) is 0. The van der Waals surface area contributed by atoms with Crippen LogP contribution in [0.2, 0.25) is 0 Å². The van der Waals surface area contributed by atoms with Crippen molar-refractivity contribution in [3.8, 4) is 0 Å². The number of aldehydes is 1. The lowest BCUT2D eigenvalue weighted by Crippen LogP contribution is -2.22. The third-order valence-corrected chi connectivity index (χ3v) is 1.43. The lowest BCUT2D eigenvalue weighted by Gasteiger charge is -2.11. The van der Waals surface area contributed by atoms with Crippen LogP contribution in [0.1, 0.15) is 0 Å². The van der Waals surface area contributed by atoms with Crippen LogP contribution < -0.4 is 5.32 Å². The lowest BCUT2D eigenvalue weighted by atomic mass is 10.2. The topological polar surface area (TPSA) is 29.1 Å². The maximum atomic E-state index is 10.1. The molecule has 2 nitrogen and oxygen atoms in total. The number of hydrogen-bond donors (Lipinski definition) is 1. The van der Waals surface area contributed by atoms with E-state index in [1.54, 1.807) is 18.4 Å². The predicted octanol–water partition coefficient (Wildman–Crippen LogP) is 0.793. The zero-order valence-corrected chi connectivity index (χ0v) is 5.43. The molecule has 1 aliphatic rings. The Morgan fingerprint density at radius 2 is 2.56 bits per heavy atom. The van der Waals surface area contributed by atoms with Crippen molar-refractivity contribution in [1.29, 1.82) is 0 Å². The predicted molar refractivity (Wildman–Crippen MR) is 36.1 cm³/mol. The number of alkyl halides is 1. The summed E-state index contributed by atoms with van der Waals surface area (Å²) in [5.41, 5.74) is 0.215. The summed E-state index contributed by atoms with van der Waals surface area (Å²) >= 11 is 5.62. The quantitative estimate of drug-likeness (QED) is 0.334. The zero-order chi connectivity index (χ0) is 6.69. The van der Waals surface area contributed by atoms with Gasteiger partial charge >= 0.3 is 0 Å². The van der Waals surface area contributed by atoms with Gasteiger partial charge in [0.1, 0.15) is 11.8 Å². The summed E-state index contributed by atoms with van der Waals surface area (Å²) < 4.78 is 0. The first kappa shape index (κ1) is 6.36. The minimum atomic E-state index is -0.354. The SMILES string of the molecule is O=CC1=CC=CNC1Cl. The number of halogens is 1. The van der Waals surface area contributed by atoms with E-state index in [1.165, 1.54) is 0 Å². The normalized spacial score (nSPS) is 24.6. The Labute approximate surface area is 58.2 Å². The minimum absolute atomic E-state index is 0.354. The average molecular weight is 144 g/mol. The number of carbonyl (C=O) groups is 1. The van der Waals surface area contributed by atoms with Crippen LogP contribution >= 0.6 is 11.6 Å². The Morgan fingerprint density at radius 3 is 3.00 bits per heavy atom. The van der Waals surface area contributed by atoms with Crippen LogP contribution in [-0.4, -0.2) is 11.8 Å². The van der Waals surface area contributed by atoms with E-state index >= 15 is 0 Å². The highest BCUT2D eigenvalue weighted by Crippen LogP contribution is 2.07. The molecule has 0 amide bonds. The van der Waals surface area contributed by atoms with Gasteiger partial charge in [0.05, 0.1) is 0 Å². The number of nitrogens with one attached hydrogen (secondary N) is 1. The molecule has 0 bridgehead atoms. The second-order valence-corrected chi connectivity index (χ2v) is 2.11. The van der Waals surface area contributed by atoms with E-state index in [0.29, 0.717) is 5.57 Å². The molecular formula is C6H6ClNO. The second kappa shape index (κ2) is 2.69. The van der Waals surface area contributed by atoms with Crippen LogP contribution in [0.5, 0.6) is 0 Å². The third-order valence-electron chi connectivity index (χ3n) is 1.06. The molecule has 1 N–H and O–H groups in total. The molecule has 3 heteroatoms. The molecule has 0 fully saturated rings. The van der Waals surface area contributed by atoms with Crippen molar-refractivity contribution in [3.05, 3.63) is 23.9 Å². The van der Waals surface area contributed by atoms with Crippen molar-refractivity contribution in [2.45, 2.75) is 5.50 Å². The van der Waals surface area contributed by atoms with Crippen molar-refractivity contribution < 1.29 is 4.79 Å². The van der Waals surface area contributed by atoms with E-state index in [1.807, 2.05) is 0 Å². The summed E-state index contributed by atoms with van der Waals surface area (Å²) in [4.78, 5) is 10.1. The summed E-state index contributed by atoms with van der Waals surface area (Å²) in [7, 11) is 0. The highest BCUT2D eigenvalue weighted by molar-refractivity contribution is 6.24. The summed E-state index contributed by atoms with van der Waals surface area (Å²) in [6, 6.07) is 0. The lowest BCUT2D eigenvalue weighted by molar-refractivity contribution is -0.105. The van der Waals surface area contributed by atoms with Crippen LogP contribution in [-0.2, 0) is 4.79 Å². The van der Waals surface area contributed by atoms with Gasteiger partial charge in [-0.05, 0) is 12.3 Å². The molecule has 0 radical (unpaired) electrons. The summed E-state index contributed by atoms with van der Waals surface area (Å²) in [5, 5.41) is 2.77. The molecule has 0 aliphatic carbocycles. The van der Waals surface area contributed by atoms with Crippen LogP contribution in [0, 0.1) is 0 Å². The molecule has 1 heterocycles. The van der Waals surface area contributed by atoms with Crippen molar-refractivity contribution in [2.24, 2.45) is 0 Å². The molecule has 1 unspecified atom stereocenters. The maximum absolute atomic E-state index is 10.1. The molecule has 0 spiro atoms. The van der Waals surface area contributed by atoms with Crippen LogP contribution in [0.3, 0.4) is 0 Å². The molecule has 0 aromatic heterocycles. The molecule has 1 atom stereocenters. The number of dihydropyridines is 1. The summed E-state index contributed by atoms with van der Waals surface area (Å²) in [6.45, 7) is 0. The Bertz CT molecular complexity index is 174. The number of hydrogen-bond acceptors (Lipinski definition) is 2. The van der Waals surface area contributed by atoms with Gasteiger partial charge in [0.2, 0.25) is 0 Å². The number of carbonyl (C=O) groups excluding carboxylic acids is 1. The highest BCUT2D eigenvalue weighted by Gasteiger charge is 2.08. The molecule has 0 saturated carbocycles. The van der Waals surface area contributed by atoms with Gasteiger partial charge in [0.15, 0.2) is 0 Å². The first-order valence-electron chi connectivity index (χ1n) is 2.56. The van der Waals surface area contributed by atoms with E-state index < -0.39 is 0 Å². The van der Waals surface area contributed by atoms with Gasteiger partial charge in [-0.15, -0.1) is 0 Å². The minimum Gasteiger partial charge on any atom is -0.371 e. The van der Waals surface area contributed by atoms with Crippen molar-refractivity contribution in [3.63, 3.8) is 0 Å². The molecule has 1 aliphatic heterocycles. The van der Waals surface area contributed by atoms with Gasteiger partial charge in [-0.3, -0.25) is 4.79 Å². The average Bonchev–Trinajstić information content (AvgIpc) is 1.89. The molecule has 0 aromatic carbocycles. The fourth-order valence-electron chi connectivity index (χ4n) is 0.579. The Kier molecular flexibility index (Phi) is 1.90. The van der Waals surface area contributed by atoms with Gasteiger partial charge < -0.3 is 5.32 Å². The standard InChI is InChI=1S/C6H6ClNO/c7-6-5(4-9)2-1-3-8-6/h1-4,6,8H. The third kappa shape index (κ3) is 1.33. The molecular weight excluding hydrogens is 138 g/mol. The zero-order valence-electron chi connectivity index (χ0n) is 4.67. The van der Waals surface area contributed by atoms with Gasteiger partial charge in [0.25, 0.3) is 0 Å². The molecule has 48 valence electrons. The Hall–Kier alpha value is -0.760. The van der Waals surface area contributed by atoms with Gasteiger partial charge in [0, 0.05) is 5.57 Å². The van der Waals surface area contributed by atoms with E-state index in [4.69, 9.17) is 11.6 Å². The van der Waals surface area contributed by atoms with Crippen molar-refractivity contribution >= 4 is 17.9 Å². The largest absolute Gasteiger partial charge is 0.371 e. The number of rotatable bonds is 1. The molecule has 9 heavy (non-hydrogen) atoms. The molecule has 0 saturated heterocycles. The first-order chi connectivity index (χ1) is 4.34. The first-order valence-corrected chi connectivity index (χ1v) is 3.00. The number of allylic oxidation sites excluding steroid dienone is 2. The Morgan fingerprint density at radius 1 is 1.78 bits per heavy atom. The fourth-order valence-corrected chi connectivity index (χ4v) is 0.776. The van der Waals surface area contributed by atoms with Gasteiger partial charge in [-0.1, -0.05) is 17.7 Å². The molecule has 0 aromatic rings. The highest BCUT2D eigenvalue weighted by atomic mass is 35.5. The monoisotopic (exact) mass is 143 g/mol. The van der Waals surface area contributed by atoms with Gasteiger partial charge in [-0.2, -0.15) is 0 Å². The maximum Gasteiger partial charge on any atom is 0.149 e. The van der Waals surface area contributed by atoms with E-state index in [2.05, 4.69) is 5.32 Å². The second-order valence-electron chi connectivity index (χ2n) is 1.67. The summed E-state index contributed by atoms with van der Waals surface area (Å²) in [6.07, 6.45) is 5.86. The fraction of sp³-hybridized carbons (Fsp3) is 0.167. The van der Waals surface area contributed by atoms with E-state index in [9.17, 15) is 4.79 Å². The molecule has 1 rings (SSSR count). The van der Waals surface area contributed by atoms with Crippen LogP contribution in [0.15, 0.2) is 23.9 Å². The Balaban J connectivity index is 2.74.